The van der Waals surface area contributed by atoms with Crippen LogP contribution in [0.2, 0.25) is 0 Å². The molecule has 0 unspecified atom stereocenters. The van der Waals surface area contributed by atoms with Crippen LogP contribution in [-0.4, -0.2) is 29.7 Å². The summed E-state index contributed by atoms with van der Waals surface area (Å²) in [6, 6.07) is 0. The zero-order valence-corrected chi connectivity index (χ0v) is 12.0. The van der Waals surface area contributed by atoms with Crippen molar-refractivity contribution in [1.29, 1.82) is 0 Å². The fourth-order valence-corrected chi connectivity index (χ4v) is 2.64. The fourth-order valence-electron chi connectivity index (χ4n) is 2.64. The predicted octanol–water partition coefficient (Wildman–Crippen LogP) is 2.96. The fraction of sp³-hybridized carbons (Fsp3) is 1.00. The Kier molecular flexibility index (Phi) is 4.99. The number of aliphatic hydroxyl groups is 1. The third kappa shape index (κ3) is 3.67. The Labute approximate surface area is 105 Å². The number of ether oxygens (including phenoxy) is 2. The molecule has 0 atom stereocenters. The van der Waals surface area contributed by atoms with Crippen molar-refractivity contribution in [2.45, 2.75) is 65.3 Å². The van der Waals surface area contributed by atoms with Gasteiger partial charge in [0.05, 0.1) is 18.8 Å². The molecule has 1 heterocycles. The van der Waals surface area contributed by atoms with Crippen molar-refractivity contribution in [2.75, 3.05) is 13.2 Å². The summed E-state index contributed by atoms with van der Waals surface area (Å²) in [4.78, 5) is 0. The minimum atomic E-state index is -0.574. The van der Waals surface area contributed by atoms with Crippen LogP contribution < -0.4 is 0 Å². The van der Waals surface area contributed by atoms with Crippen LogP contribution in [0.25, 0.3) is 0 Å². The summed E-state index contributed by atoms with van der Waals surface area (Å²) >= 11 is 0. The molecule has 1 fully saturated rings. The zero-order chi connectivity index (χ0) is 13.1. The first-order valence-corrected chi connectivity index (χ1v) is 6.80. The first-order valence-electron chi connectivity index (χ1n) is 6.80. The Morgan fingerprint density at radius 2 is 1.59 bits per heavy atom. The molecule has 0 aromatic carbocycles. The third-order valence-electron chi connectivity index (χ3n) is 4.11. The topological polar surface area (TPSA) is 38.7 Å². The van der Waals surface area contributed by atoms with Crippen molar-refractivity contribution < 1.29 is 14.6 Å². The average molecular weight is 244 g/mol. The van der Waals surface area contributed by atoms with E-state index < -0.39 is 11.4 Å². The molecule has 0 aromatic heterocycles. The molecule has 1 saturated heterocycles. The van der Waals surface area contributed by atoms with E-state index in [9.17, 15) is 5.11 Å². The second-order valence-corrected chi connectivity index (χ2v) is 5.98. The molecule has 0 aliphatic carbocycles. The largest absolute Gasteiger partial charge is 0.389 e. The van der Waals surface area contributed by atoms with Crippen molar-refractivity contribution in [2.24, 2.45) is 11.8 Å². The van der Waals surface area contributed by atoms with Crippen LogP contribution in [0.4, 0.5) is 0 Å². The van der Waals surface area contributed by atoms with E-state index in [1.807, 2.05) is 6.92 Å². The van der Waals surface area contributed by atoms with Gasteiger partial charge in [0.1, 0.15) is 0 Å². The Bertz CT molecular complexity index is 222. The number of hydrogen-bond acceptors (Lipinski definition) is 3. The molecule has 0 radical (unpaired) electrons. The number of hydrogen-bond donors (Lipinski definition) is 1. The van der Waals surface area contributed by atoms with Crippen LogP contribution in [0.1, 0.15) is 53.9 Å². The summed E-state index contributed by atoms with van der Waals surface area (Å²) in [5, 5.41) is 10.6. The van der Waals surface area contributed by atoms with E-state index in [0.717, 1.165) is 19.3 Å². The summed E-state index contributed by atoms with van der Waals surface area (Å²) in [6.07, 6.45) is 2.60. The first kappa shape index (κ1) is 14.9. The summed E-state index contributed by atoms with van der Waals surface area (Å²) in [7, 11) is 0. The van der Waals surface area contributed by atoms with E-state index >= 15 is 0 Å². The van der Waals surface area contributed by atoms with Gasteiger partial charge in [-0.3, -0.25) is 0 Å². The SMILES string of the molecule is CC(C)C(O)(CCCC1(C)OCCO1)C(C)C. The molecule has 1 N–H and O–H groups in total. The van der Waals surface area contributed by atoms with Gasteiger partial charge in [0.2, 0.25) is 0 Å². The van der Waals surface area contributed by atoms with E-state index in [1.165, 1.54) is 0 Å². The molecule has 0 aromatic rings. The summed E-state index contributed by atoms with van der Waals surface area (Å²) in [6.45, 7) is 11.7. The molecule has 0 amide bonds. The van der Waals surface area contributed by atoms with E-state index in [0.29, 0.717) is 13.2 Å². The number of rotatable bonds is 6. The molecule has 1 aliphatic rings. The molecule has 3 heteroatoms. The van der Waals surface area contributed by atoms with Crippen LogP contribution in [0.3, 0.4) is 0 Å². The van der Waals surface area contributed by atoms with Gasteiger partial charge in [0, 0.05) is 6.42 Å². The van der Waals surface area contributed by atoms with Crippen LogP contribution in [0.5, 0.6) is 0 Å². The lowest BCUT2D eigenvalue weighted by atomic mass is 9.76. The smallest absolute Gasteiger partial charge is 0.165 e. The van der Waals surface area contributed by atoms with Gasteiger partial charge in [-0.05, 0) is 31.6 Å². The van der Waals surface area contributed by atoms with Gasteiger partial charge in [0.25, 0.3) is 0 Å². The maximum Gasteiger partial charge on any atom is 0.165 e. The van der Waals surface area contributed by atoms with Gasteiger partial charge < -0.3 is 14.6 Å². The lowest BCUT2D eigenvalue weighted by molar-refractivity contribution is -0.151. The van der Waals surface area contributed by atoms with Crippen LogP contribution >= 0.6 is 0 Å². The van der Waals surface area contributed by atoms with Crippen molar-refractivity contribution in [3.63, 3.8) is 0 Å². The van der Waals surface area contributed by atoms with E-state index in [-0.39, 0.29) is 11.8 Å². The minimum Gasteiger partial charge on any atom is -0.389 e. The highest BCUT2D eigenvalue weighted by Crippen LogP contribution is 2.33. The molecule has 1 rings (SSSR count). The highest BCUT2D eigenvalue weighted by atomic mass is 16.7. The molecular formula is C14H28O3. The lowest BCUT2D eigenvalue weighted by Gasteiger charge is -2.37. The van der Waals surface area contributed by atoms with Gasteiger partial charge in [-0.1, -0.05) is 27.7 Å². The molecule has 1 aliphatic heterocycles. The van der Waals surface area contributed by atoms with Gasteiger partial charge in [0.15, 0.2) is 5.79 Å². The first-order chi connectivity index (χ1) is 7.80. The van der Waals surface area contributed by atoms with Crippen molar-refractivity contribution in [3.05, 3.63) is 0 Å². The van der Waals surface area contributed by atoms with E-state index in [2.05, 4.69) is 27.7 Å². The third-order valence-corrected chi connectivity index (χ3v) is 4.11. The molecule has 102 valence electrons. The van der Waals surface area contributed by atoms with E-state index in [4.69, 9.17) is 9.47 Å². The monoisotopic (exact) mass is 244 g/mol. The Balaban J connectivity index is 2.42. The van der Waals surface area contributed by atoms with Crippen molar-refractivity contribution in [3.8, 4) is 0 Å². The Hall–Kier alpha value is -0.120. The second-order valence-electron chi connectivity index (χ2n) is 5.98. The Morgan fingerprint density at radius 1 is 1.12 bits per heavy atom. The molecule has 17 heavy (non-hydrogen) atoms. The highest BCUT2D eigenvalue weighted by molar-refractivity contribution is 4.85. The molecular weight excluding hydrogens is 216 g/mol. The van der Waals surface area contributed by atoms with Gasteiger partial charge in [-0.25, -0.2) is 0 Å². The predicted molar refractivity (Wildman–Crippen MR) is 68.8 cm³/mol. The molecule has 0 saturated carbocycles. The van der Waals surface area contributed by atoms with Crippen molar-refractivity contribution in [1.82, 2.24) is 0 Å². The average Bonchev–Trinajstić information content (AvgIpc) is 2.64. The quantitative estimate of drug-likeness (QED) is 0.780. The van der Waals surface area contributed by atoms with E-state index in [1.54, 1.807) is 0 Å². The van der Waals surface area contributed by atoms with Crippen LogP contribution in [-0.2, 0) is 9.47 Å². The molecule has 0 spiro atoms. The standard InChI is InChI=1S/C14H28O3/c1-11(2)14(15,12(3)4)8-6-7-13(5)16-9-10-17-13/h11-12,15H,6-10H2,1-5H3. The maximum atomic E-state index is 10.6. The summed E-state index contributed by atoms with van der Waals surface area (Å²) in [5.74, 6) is 0.135. The summed E-state index contributed by atoms with van der Waals surface area (Å²) in [5.41, 5.74) is -0.574. The van der Waals surface area contributed by atoms with Crippen LogP contribution in [0.15, 0.2) is 0 Å². The normalized spacial score (nSPS) is 20.5. The lowest BCUT2D eigenvalue weighted by Crippen LogP contribution is -2.41. The Morgan fingerprint density at radius 3 is 2.00 bits per heavy atom. The second kappa shape index (κ2) is 5.68. The van der Waals surface area contributed by atoms with Crippen molar-refractivity contribution >= 4 is 0 Å². The van der Waals surface area contributed by atoms with Gasteiger partial charge in [-0.15, -0.1) is 0 Å². The highest BCUT2D eigenvalue weighted by Gasteiger charge is 2.36. The molecule has 3 nitrogen and oxygen atoms in total. The minimum absolute atomic E-state index is 0.278. The summed E-state index contributed by atoms with van der Waals surface area (Å²) < 4.78 is 11.1. The van der Waals surface area contributed by atoms with Gasteiger partial charge >= 0.3 is 0 Å². The zero-order valence-electron chi connectivity index (χ0n) is 12.0. The van der Waals surface area contributed by atoms with Gasteiger partial charge in [-0.2, -0.15) is 0 Å². The van der Waals surface area contributed by atoms with Crippen LogP contribution in [0, 0.1) is 11.8 Å². The molecule has 0 bridgehead atoms. The maximum absolute atomic E-state index is 10.6.